The monoisotopic (exact) mass is 299 g/mol. The maximum atomic E-state index is 3.91. The van der Waals surface area contributed by atoms with E-state index >= 15 is 0 Å². The second kappa shape index (κ2) is 9.17. The molecule has 0 aliphatic carbocycles. The van der Waals surface area contributed by atoms with Crippen LogP contribution in [0.4, 0.5) is 0 Å². The van der Waals surface area contributed by atoms with Crippen molar-refractivity contribution in [3.63, 3.8) is 0 Å². The minimum absolute atomic E-state index is 0. The Morgan fingerprint density at radius 3 is 1.00 bits per heavy atom. The molecule has 0 atom stereocenters. The molecule has 0 spiro atoms. The SMILES string of the molecule is Cl.Cl.[CH2-][Si](C)(C)C.[Ce]. The second-order valence-electron chi connectivity index (χ2n) is 2.56. The van der Waals surface area contributed by atoms with Gasteiger partial charge in [0.1, 0.15) is 0 Å². The van der Waals surface area contributed by atoms with Crippen LogP contribution in [0, 0.1) is 48.3 Å². The molecule has 4 heteroatoms. The van der Waals surface area contributed by atoms with Crippen LogP contribution in [-0.4, -0.2) is 8.07 Å². The van der Waals surface area contributed by atoms with Crippen LogP contribution in [0.5, 0.6) is 0 Å². The molecule has 0 aliphatic rings. The molecule has 0 saturated heterocycles. The van der Waals surface area contributed by atoms with Crippen LogP contribution in [0.15, 0.2) is 0 Å². The molecule has 0 amide bonds. The number of hydrogen-bond donors (Lipinski definition) is 0. The summed E-state index contributed by atoms with van der Waals surface area (Å²) in [6, 6.07) is 0. The molecule has 0 radical (unpaired) electrons. The Balaban J connectivity index is -0.0000000267. The molecule has 0 aliphatic heterocycles. The molecule has 52 valence electrons. The van der Waals surface area contributed by atoms with Gasteiger partial charge in [-0.05, 0) is 0 Å². The Morgan fingerprint density at radius 2 is 1.00 bits per heavy atom. The van der Waals surface area contributed by atoms with Gasteiger partial charge >= 0.3 is 0 Å². The van der Waals surface area contributed by atoms with E-state index in [4.69, 9.17) is 0 Å². The fourth-order valence-corrected chi connectivity index (χ4v) is 0. The predicted molar refractivity (Wildman–Crippen MR) is 43.2 cm³/mol. The molecule has 0 aromatic rings. The smallest absolute Gasteiger partial charge is 0 e. The fourth-order valence-electron chi connectivity index (χ4n) is 0. The number of hydrogen-bond acceptors (Lipinski definition) is 0. The normalized spacial score (nSPS) is 7.50. The first-order chi connectivity index (χ1) is 2.00. The number of halogens is 2. The minimum atomic E-state index is -0.861. The molecule has 0 heterocycles. The molecule has 8 heavy (non-hydrogen) atoms. The first-order valence-electron chi connectivity index (χ1n) is 1.85. The van der Waals surface area contributed by atoms with Gasteiger partial charge in [-0.15, -0.1) is 32.9 Å². The molecule has 0 N–H and O–H groups in total. The van der Waals surface area contributed by atoms with E-state index in [1.54, 1.807) is 0 Å². The van der Waals surface area contributed by atoms with Gasteiger partial charge in [-0.3, -0.25) is 0 Å². The summed E-state index contributed by atoms with van der Waals surface area (Å²) in [6.07, 6.45) is 0. The zero-order valence-corrected chi connectivity index (χ0v) is 11.3. The first-order valence-corrected chi connectivity index (χ1v) is 5.56. The Kier molecular flexibility index (Phi) is 25.8. The van der Waals surface area contributed by atoms with Crippen molar-refractivity contribution in [1.29, 1.82) is 0 Å². The molecule has 0 saturated carbocycles. The molecule has 0 nitrogen and oxygen atoms in total. The fraction of sp³-hybridized carbons (Fsp3) is 0.750. The zero-order chi connectivity index (χ0) is 4.50. The zero-order valence-electron chi connectivity index (χ0n) is 5.52. The van der Waals surface area contributed by atoms with Gasteiger partial charge in [0, 0.05) is 41.7 Å². The van der Waals surface area contributed by atoms with E-state index in [0.29, 0.717) is 0 Å². The Labute approximate surface area is 99.4 Å². The van der Waals surface area contributed by atoms with Crippen LogP contribution in [0.1, 0.15) is 0 Å². The van der Waals surface area contributed by atoms with Crippen molar-refractivity contribution < 1.29 is 41.7 Å². The van der Waals surface area contributed by atoms with Gasteiger partial charge in [-0.25, -0.2) is 0 Å². The summed E-state index contributed by atoms with van der Waals surface area (Å²) in [4.78, 5) is 0. The van der Waals surface area contributed by atoms with Crippen molar-refractivity contribution in [1.82, 2.24) is 0 Å². The summed E-state index contributed by atoms with van der Waals surface area (Å²) in [5.74, 6) is 0. The molecular weight excluding hydrogens is 287 g/mol. The van der Waals surface area contributed by atoms with E-state index in [2.05, 4.69) is 26.2 Å². The van der Waals surface area contributed by atoms with Gasteiger partial charge in [0.15, 0.2) is 0 Å². The van der Waals surface area contributed by atoms with Gasteiger partial charge in [0.25, 0.3) is 0 Å². The van der Waals surface area contributed by atoms with Crippen LogP contribution in [-0.2, 0) is 0 Å². The molecule has 0 aromatic carbocycles. The van der Waals surface area contributed by atoms with Crippen LogP contribution in [0.3, 0.4) is 0 Å². The van der Waals surface area contributed by atoms with Crippen molar-refractivity contribution in [2.75, 3.05) is 0 Å². The van der Waals surface area contributed by atoms with Crippen molar-refractivity contribution in [3.8, 4) is 0 Å². The van der Waals surface area contributed by atoms with Crippen LogP contribution in [0.25, 0.3) is 0 Å². The Morgan fingerprint density at radius 1 is 1.00 bits per heavy atom. The summed E-state index contributed by atoms with van der Waals surface area (Å²) in [7, 11) is -0.861. The average Bonchev–Trinajstić information content (AvgIpc) is 0.722. The standard InChI is InChI=1S/C4H11Si.Ce.2ClH/c1-5(2,3)4;;;/h1H2,2-4H3;;2*1H/q-1;;;. The number of rotatable bonds is 0. The molecule has 0 bridgehead atoms. The largest absolute Gasteiger partial charge is 0.342 e. The minimum Gasteiger partial charge on any atom is -0.342 e. The quantitative estimate of drug-likeness (QED) is 0.476. The molecular formula is C4H13CeCl2Si-. The van der Waals surface area contributed by atoms with E-state index in [1.807, 2.05) is 0 Å². The van der Waals surface area contributed by atoms with Crippen LogP contribution >= 0.6 is 24.8 Å². The summed E-state index contributed by atoms with van der Waals surface area (Å²) in [5.41, 5.74) is 0. The van der Waals surface area contributed by atoms with Gasteiger partial charge in [-0.1, -0.05) is 19.6 Å². The van der Waals surface area contributed by atoms with Gasteiger partial charge in [-0.2, -0.15) is 0 Å². The summed E-state index contributed by atoms with van der Waals surface area (Å²) in [6.45, 7) is 10.6. The van der Waals surface area contributed by atoms with Gasteiger partial charge in [0.2, 0.25) is 0 Å². The van der Waals surface area contributed by atoms with Crippen molar-refractivity contribution in [2.45, 2.75) is 19.6 Å². The van der Waals surface area contributed by atoms with E-state index in [-0.39, 0.29) is 66.6 Å². The summed E-state index contributed by atoms with van der Waals surface area (Å²) >= 11 is 0. The topological polar surface area (TPSA) is 0 Å². The third kappa shape index (κ3) is 89.0. The third-order valence-corrected chi connectivity index (χ3v) is 0. The van der Waals surface area contributed by atoms with Crippen LogP contribution in [0.2, 0.25) is 19.6 Å². The first kappa shape index (κ1) is 22.5. The third-order valence-electron chi connectivity index (χ3n) is 0. The van der Waals surface area contributed by atoms with Gasteiger partial charge < -0.3 is 6.55 Å². The summed E-state index contributed by atoms with van der Waals surface area (Å²) in [5, 5.41) is 0. The van der Waals surface area contributed by atoms with Gasteiger partial charge in [0.05, 0.1) is 0 Å². The maximum Gasteiger partial charge on any atom is 0 e. The Hall–Kier alpha value is 2.17. The Bertz CT molecular complexity index is 29.5. The van der Waals surface area contributed by atoms with E-state index in [1.165, 1.54) is 0 Å². The second-order valence-corrected chi connectivity index (χ2v) is 7.68. The van der Waals surface area contributed by atoms with Crippen molar-refractivity contribution in [2.24, 2.45) is 0 Å². The predicted octanol–water partition coefficient (Wildman–Crippen LogP) is 2.54. The molecule has 0 aromatic heterocycles. The van der Waals surface area contributed by atoms with Crippen molar-refractivity contribution in [3.05, 3.63) is 6.55 Å². The molecule has 0 fully saturated rings. The average molecular weight is 300 g/mol. The van der Waals surface area contributed by atoms with Crippen LogP contribution < -0.4 is 0 Å². The molecule has 0 rings (SSSR count). The maximum absolute atomic E-state index is 3.91. The van der Waals surface area contributed by atoms with E-state index in [9.17, 15) is 0 Å². The van der Waals surface area contributed by atoms with Crippen molar-refractivity contribution >= 4 is 32.9 Å². The van der Waals surface area contributed by atoms with E-state index < -0.39 is 8.07 Å². The van der Waals surface area contributed by atoms with E-state index in [0.717, 1.165) is 0 Å². The summed E-state index contributed by atoms with van der Waals surface area (Å²) < 4.78 is 0. The molecule has 0 unspecified atom stereocenters.